The lowest BCUT2D eigenvalue weighted by atomic mass is 10.0. The number of fused-ring (bicyclic) bond motifs is 2. The topological polar surface area (TPSA) is 122 Å². The zero-order chi connectivity index (χ0) is 26.3. The molecule has 0 fully saturated rings. The minimum atomic E-state index is -3.97. The molecule has 1 aliphatic heterocycles. The van der Waals surface area contributed by atoms with E-state index in [2.05, 4.69) is 5.10 Å². The Hall–Kier alpha value is -4.12. The first-order valence-electron chi connectivity index (χ1n) is 11.3. The largest absolute Gasteiger partial charge is 0.374 e. The molecule has 0 aromatic heterocycles. The number of hydrogen-bond donors (Lipinski definition) is 2. The van der Waals surface area contributed by atoms with Crippen LogP contribution in [0.1, 0.15) is 16.7 Å². The molecule has 0 aliphatic carbocycles. The van der Waals surface area contributed by atoms with Crippen molar-refractivity contribution in [3.05, 3.63) is 102 Å². The Morgan fingerprint density at radius 1 is 1.00 bits per heavy atom. The molecule has 37 heavy (non-hydrogen) atoms. The van der Waals surface area contributed by atoms with Crippen LogP contribution in [0.25, 0.3) is 10.8 Å². The molecule has 4 aromatic carbocycles. The second-order valence-corrected chi connectivity index (χ2v) is 10.6. The van der Waals surface area contributed by atoms with Crippen LogP contribution >= 0.6 is 12.2 Å². The first-order valence-corrected chi connectivity index (χ1v) is 13.3. The van der Waals surface area contributed by atoms with Gasteiger partial charge in [0, 0.05) is 5.56 Å². The number of sulfonamides is 1. The van der Waals surface area contributed by atoms with Gasteiger partial charge in [0.15, 0.2) is 10.8 Å². The average Bonchev–Trinajstić information content (AvgIpc) is 3.13. The third-order valence-corrected chi connectivity index (χ3v) is 7.30. The summed E-state index contributed by atoms with van der Waals surface area (Å²) < 4.78 is 23.8. The minimum absolute atomic E-state index is 0.127. The monoisotopic (exact) mass is 529 g/mol. The number of nitrogens with two attached hydrogens (primary N) is 2. The number of benzene rings is 4. The quantitative estimate of drug-likeness (QED) is 0.300. The molecule has 4 aromatic rings. The number of carbonyl (C=O) groups is 1. The Bertz CT molecular complexity index is 1710. The molecule has 0 atom stereocenters. The van der Waals surface area contributed by atoms with E-state index in [0.29, 0.717) is 12.1 Å². The summed E-state index contributed by atoms with van der Waals surface area (Å²) in [4.78, 5) is 15.4. The number of thiocarbonyl (C=S) groups is 1. The van der Waals surface area contributed by atoms with Gasteiger partial charge in [-0.1, -0.05) is 66.7 Å². The molecule has 1 aliphatic rings. The number of carbonyl (C=O) groups excluding carboxylic acids is 1. The first-order chi connectivity index (χ1) is 17.6. The third-order valence-electron chi connectivity index (χ3n) is 6.22. The highest BCUT2D eigenvalue weighted by Crippen LogP contribution is 2.35. The van der Waals surface area contributed by atoms with E-state index < -0.39 is 10.0 Å². The number of hydrazone groups is 1. The van der Waals surface area contributed by atoms with Crippen molar-refractivity contribution in [2.75, 3.05) is 9.91 Å². The number of anilines is 2. The van der Waals surface area contributed by atoms with Gasteiger partial charge in [0.2, 0.25) is 10.0 Å². The van der Waals surface area contributed by atoms with Gasteiger partial charge in [-0.2, -0.15) is 5.10 Å². The minimum Gasteiger partial charge on any atom is -0.374 e. The standard InChI is InChI=1S/C27H23N5O3S2/c1-17-7-4-14-23-24(30-32(27(28)36)20-11-6-12-21(15-20)37(29,34)35)26(33)31(25(17)23)16-19-10-5-9-18-8-2-3-13-22(18)19/h2-15H,16H2,1H3,(H2,28,36)(H2,29,34,35)/b30-24-. The lowest BCUT2D eigenvalue weighted by Crippen LogP contribution is -2.35. The number of hydrogen-bond acceptors (Lipinski definition) is 5. The smallest absolute Gasteiger partial charge is 0.279 e. The number of para-hydroxylation sites is 1. The van der Waals surface area contributed by atoms with Crippen LogP contribution < -0.4 is 20.8 Å². The molecule has 0 saturated carbocycles. The van der Waals surface area contributed by atoms with Gasteiger partial charge in [0.25, 0.3) is 5.91 Å². The van der Waals surface area contributed by atoms with Crippen molar-refractivity contribution in [2.24, 2.45) is 16.0 Å². The number of rotatable bonds is 5. The number of primary sulfonamides is 1. The van der Waals surface area contributed by atoms with Crippen molar-refractivity contribution in [2.45, 2.75) is 18.4 Å². The Labute approximate surface area is 219 Å². The molecule has 0 radical (unpaired) electrons. The van der Waals surface area contributed by atoms with Crippen LogP contribution in [0.4, 0.5) is 11.4 Å². The van der Waals surface area contributed by atoms with Crippen molar-refractivity contribution >= 4 is 61.1 Å². The highest BCUT2D eigenvalue weighted by atomic mass is 32.2. The van der Waals surface area contributed by atoms with E-state index in [9.17, 15) is 13.2 Å². The van der Waals surface area contributed by atoms with Crippen LogP contribution in [0.15, 0.2) is 94.9 Å². The third kappa shape index (κ3) is 4.57. The summed E-state index contributed by atoms with van der Waals surface area (Å²) in [5.41, 5.74) is 9.67. The van der Waals surface area contributed by atoms with E-state index in [4.69, 9.17) is 23.1 Å². The molecule has 0 spiro atoms. The van der Waals surface area contributed by atoms with Crippen molar-refractivity contribution in [3.8, 4) is 0 Å². The van der Waals surface area contributed by atoms with Gasteiger partial charge >= 0.3 is 0 Å². The normalized spacial score (nSPS) is 14.3. The molecule has 4 N–H and O–H groups in total. The second kappa shape index (κ2) is 9.40. The molecular weight excluding hydrogens is 506 g/mol. The summed E-state index contributed by atoms with van der Waals surface area (Å²) in [7, 11) is -3.97. The summed E-state index contributed by atoms with van der Waals surface area (Å²) in [6, 6.07) is 25.4. The number of amides is 1. The molecule has 0 saturated heterocycles. The van der Waals surface area contributed by atoms with Crippen LogP contribution in [0, 0.1) is 6.92 Å². The van der Waals surface area contributed by atoms with E-state index in [0.717, 1.165) is 27.6 Å². The van der Waals surface area contributed by atoms with Gasteiger partial charge in [-0.3, -0.25) is 4.79 Å². The van der Waals surface area contributed by atoms with Crippen LogP contribution in [0.3, 0.4) is 0 Å². The summed E-state index contributed by atoms with van der Waals surface area (Å²) in [5.74, 6) is -0.318. The maximum absolute atomic E-state index is 13.8. The first kappa shape index (κ1) is 24.6. The molecule has 186 valence electrons. The van der Waals surface area contributed by atoms with E-state index in [1.165, 1.54) is 23.2 Å². The van der Waals surface area contributed by atoms with Crippen LogP contribution in [-0.2, 0) is 21.4 Å². The summed E-state index contributed by atoms with van der Waals surface area (Å²) in [5, 5.41) is 13.0. The van der Waals surface area contributed by atoms with Crippen LogP contribution in [0.2, 0.25) is 0 Å². The predicted octanol–water partition coefficient (Wildman–Crippen LogP) is 3.80. The fraction of sp³-hybridized carbons (Fsp3) is 0.0741. The number of aryl methyl sites for hydroxylation is 1. The predicted molar refractivity (Wildman–Crippen MR) is 150 cm³/mol. The Balaban J connectivity index is 1.61. The molecular formula is C27H23N5O3S2. The van der Waals surface area contributed by atoms with E-state index in [-0.39, 0.29) is 27.3 Å². The zero-order valence-corrected chi connectivity index (χ0v) is 21.5. The van der Waals surface area contributed by atoms with Gasteiger partial charge in [-0.05, 0) is 59.2 Å². The van der Waals surface area contributed by atoms with E-state index in [1.807, 2.05) is 67.6 Å². The van der Waals surface area contributed by atoms with Gasteiger partial charge in [-0.15, -0.1) is 0 Å². The summed E-state index contributed by atoms with van der Waals surface area (Å²) >= 11 is 5.21. The molecule has 0 unspecified atom stereocenters. The molecule has 8 nitrogen and oxygen atoms in total. The fourth-order valence-electron chi connectivity index (χ4n) is 4.53. The molecule has 5 rings (SSSR count). The Morgan fingerprint density at radius 3 is 2.46 bits per heavy atom. The SMILES string of the molecule is Cc1cccc2c1N(Cc1cccc3ccccc13)C(=O)/C2=N\N(C(N)=S)c1cccc(S(N)(=O)=O)c1. The summed E-state index contributed by atoms with van der Waals surface area (Å²) in [6.07, 6.45) is 0. The van der Waals surface area contributed by atoms with E-state index in [1.54, 1.807) is 11.0 Å². The van der Waals surface area contributed by atoms with Crippen molar-refractivity contribution < 1.29 is 13.2 Å². The molecule has 0 bridgehead atoms. The maximum Gasteiger partial charge on any atom is 0.279 e. The van der Waals surface area contributed by atoms with Crippen molar-refractivity contribution in [1.29, 1.82) is 0 Å². The van der Waals surface area contributed by atoms with Crippen molar-refractivity contribution in [1.82, 2.24) is 0 Å². The molecule has 1 heterocycles. The van der Waals surface area contributed by atoms with Gasteiger partial charge in [0.05, 0.1) is 22.8 Å². The molecule has 1 amide bonds. The number of nitrogens with zero attached hydrogens (tertiary/aromatic N) is 3. The lowest BCUT2D eigenvalue weighted by molar-refractivity contribution is -0.112. The highest BCUT2D eigenvalue weighted by Gasteiger charge is 2.36. The van der Waals surface area contributed by atoms with E-state index >= 15 is 0 Å². The average molecular weight is 530 g/mol. The van der Waals surface area contributed by atoms with Gasteiger partial charge in [0.1, 0.15) is 0 Å². The van der Waals surface area contributed by atoms with Crippen molar-refractivity contribution in [3.63, 3.8) is 0 Å². The van der Waals surface area contributed by atoms with Crippen LogP contribution in [0.5, 0.6) is 0 Å². The second-order valence-electron chi connectivity index (χ2n) is 8.64. The lowest BCUT2D eigenvalue weighted by Gasteiger charge is -2.20. The summed E-state index contributed by atoms with van der Waals surface area (Å²) in [6.45, 7) is 2.27. The highest BCUT2D eigenvalue weighted by molar-refractivity contribution is 7.89. The fourth-order valence-corrected chi connectivity index (χ4v) is 5.23. The zero-order valence-electron chi connectivity index (χ0n) is 19.8. The van der Waals surface area contributed by atoms with Gasteiger partial charge < -0.3 is 10.6 Å². The Kier molecular flexibility index (Phi) is 6.24. The maximum atomic E-state index is 13.8. The Morgan fingerprint density at radius 2 is 1.70 bits per heavy atom. The molecule has 10 heteroatoms. The van der Waals surface area contributed by atoms with Gasteiger partial charge in [-0.25, -0.2) is 18.6 Å². The van der Waals surface area contributed by atoms with Crippen LogP contribution in [-0.4, -0.2) is 25.1 Å².